The molecule has 2 aliphatic rings. The topological polar surface area (TPSA) is 87.2 Å². The number of halogens is 1. The van der Waals surface area contributed by atoms with Crippen LogP contribution in [0.2, 0.25) is 0 Å². The van der Waals surface area contributed by atoms with Crippen LogP contribution in [-0.2, 0) is 14.8 Å². The molecule has 3 aromatic carbocycles. The van der Waals surface area contributed by atoms with Crippen molar-refractivity contribution >= 4 is 39.1 Å². The lowest BCUT2D eigenvalue weighted by molar-refractivity contribution is -0.117. The van der Waals surface area contributed by atoms with E-state index >= 15 is 0 Å². The van der Waals surface area contributed by atoms with E-state index < -0.39 is 21.9 Å². The van der Waals surface area contributed by atoms with E-state index in [-0.39, 0.29) is 30.0 Å². The highest BCUT2D eigenvalue weighted by atomic mass is 32.2. The minimum absolute atomic E-state index is 0.147. The first-order valence-electron chi connectivity index (χ1n) is 11.9. The van der Waals surface area contributed by atoms with Crippen LogP contribution in [0.3, 0.4) is 0 Å². The maximum absolute atomic E-state index is 13.3. The highest BCUT2D eigenvalue weighted by molar-refractivity contribution is 7.93. The van der Waals surface area contributed by atoms with Crippen LogP contribution in [0.1, 0.15) is 20.3 Å². The number of hydrogen-bond acceptors (Lipinski definition) is 5. The van der Waals surface area contributed by atoms with Crippen LogP contribution in [0.5, 0.6) is 5.75 Å². The van der Waals surface area contributed by atoms with E-state index in [0.717, 1.165) is 11.1 Å². The van der Waals surface area contributed by atoms with Crippen molar-refractivity contribution in [2.45, 2.75) is 26.3 Å². The summed E-state index contributed by atoms with van der Waals surface area (Å²) in [5.74, 6) is -0.233. The molecule has 10 heteroatoms. The number of hydrogen-bond donors (Lipinski definition) is 0. The number of sulfonamides is 1. The van der Waals surface area contributed by atoms with Gasteiger partial charge in [-0.3, -0.25) is 14.0 Å². The van der Waals surface area contributed by atoms with Gasteiger partial charge in [-0.05, 0) is 73.0 Å². The van der Waals surface area contributed by atoms with Gasteiger partial charge in [0, 0.05) is 20.0 Å². The Morgan fingerprint density at radius 3 is 2.24 bits per heavy atom. The number of benzene rings is 3. The summed E-state index contributed by atoms with van der Waals surface area (Å²) < 4.78 is 44.7. The largest absolute Gasteiger partial charge is 0.419 e. The molecule has 0 aromatic heterocycles. The Kier molecular flexibility index (Phi) is 6.36. The Bertz CT molecular complexity index is 1460. The zero-order valence-corrected chi connectivity index (χ0v) is 21.2. The first-order valence-corrected chi connectivity index (χ1v) is 13.5. The molecule has 0 bridgehead atoms. The number of amides is 2. The van der Waals surface area contributed by atoms with E-state index in [1.54, 1.807) is 23.1 Å². The van der Waals surface area contributed by atoms with Crippen molar-refractivity contribution in [3.63, 3.8) is 0 Å². The van der Waals surface area contributed by atoms with Crippen LogP contribution in [0, 0.1) is 5.82 Å². The molecule has 2 amide bonds. The lowest BCUT2D eigenvalue weighted by Crippen LogP contribution is -2.52. The van der Waals surface area contributed by atoms with Crippen LogP contribution in [0.15, 0.2) is 66.7 Å². The minimum atomic E-state index is -3.28. The summed E-state index contributed by atoms with van der Waals surface area (Å²) >= 11 is 0. The molecule has 0 N–H and O–H groups in total. The lowest BCUT2D eigenvalue weighted by atomic mass is 10.0. The molecule has 1 atom stereocenters. The van der Waals surface area contributed by atoms with Gasteiger partial charge < -0.3 is 9.64 Å². The fourth-order valence-electron chi connectivity index (χ4n) is 4.87. The molecule has 0 aliphatic carbocycles. The number of carbonyl (C=O) groups is 2. The van der Waals surface area contributed by atoms with Gasteiger partial charge in [-0.1, -0.05) is 18.2 Å². The van der Waals surface area contributed by atoms with Crippen molar-refractivity contribution in [2.75, 3.05) is 32.9 Å². The van der Waals surface area contributed by atoms with Crippen molar-refractivity contribution in [3.8, 4) is 16.9 Å². The van der Waals surface area contributed by atoms with Crippen molar-refractivity contribution in [2.24, 2.45) is 0 Å². The third kappa shape index (κ3) is 4.76. The second-order valence-corrected chi connectivity index (χ2v) is 11.2. The number of rotatable bonds is 3. The van der Waals surface area contributed by atoms with Gasteiger partial charge in [0.15, 0.2) is 0 Å². The van der Waals surface area contributed by atoms with E-state index in [9.17, 15) is 22.4 Å². The van der Waals surface area contributed by atoms with Gasteiger partial charge >= 0.3 is 6.09 Å². The van der Waals surface area contributed by atoms with Gasteiger partial charge in [0.2, 0.25) is 15.9 Å². The van der Waals surface area contributed by atoms with Crippen molar-refractivity contribution < 1.29 is 27.1 Å². The number of carbonyl (C=O) groups excluding carboxylic acids is 2. The van der Waals surface area contributed by atoms with Gasteiger partial charge in [0.05, 0.1) is 28.9 Å². The van der Waals surface area contributed by atoms with Gasteiger partial charge in [0.1, 0.15) is 11.6 Å². The highest BCUT2D eigenvalue weighted by Crippen LogP contribution is 2.39. The third-order valence-corrected chi connectivity index (χ3v) is 8.45. The molecule has 0 spiro atoms. The number of ether oxygens (including phenoxy) is 1. The van der Waals surface area contributed by atoms with Crippen molar-refractivity contribution in [3.05, 3.63) is 72.5 Å². The molecule has 2 aliphatic heterocycles. The fourth-order valence-corrected chi connectivity index (χ4v) is 6.43. The molecule has 0 radical (unpaired) electrons. The summed E-state index contributed by atoms with van der Waals surface area (Å²) in [5.41, 5.74) is 3.30. The summed E-state index contributed by atoms with van der Waals surface area (Å²) in [5, 5.41) is 0. The molecule has 3 aromatic rings. The van der Waals surface area contributed by atoms with Gasteiger partial charge in [-0.15, -0.1) is 0 Å². The zero-order valence-electron chi connectivity index (χ0n) is 20.4. The lowest BCUT2D eigenvalue weighted by Gasteiger charge is -2.40. The molecular formula is C27H26FN3O5S. The summed E-state index contributed by atoms with van der Waals surface area (Å²) in [7, 11) is -3.28. The first-order chi connectivity index (χ1) is 17.6. The van der Waals surface area contributed by atoms with E-state index in [1.807, 2.05) is 31.2 Å². The highest BCUT2D eigenvalue weighted by Gasteiger charge is 2.35. The third-order valence-electron chi connectivity index (χ3n) is 6.58. The molecule has 8 nitrogen and oxygen atoms in total. The van der Waals surface area contributed by atoms with Crippen LogP contribution in [0.4, 0.5) is 26.2 Å². The quantitative estimate of drug-likeness (QED) is 0.493. The van der Waals surface area contributed by atoms with Crippen LogP contribution in [0.25, 0.3) is 11.1 Å². The summed E-state index contributed by atoms with van der Waals surface area (Å²) in [4.78, 5) is 28.7. The van der Waals surface area contributed by atoms with Crippen LogP contribution < -0.4 is 18.8 Å². The van der Waals surface area contributed by atoms with Crippen molar-refractivity contribution in [1.29, 1.82) is 0 Å². The minimum Gasteiger partial charge on any atom is -0.410 e. The second kappa shape index (κ2) is 9.51. The van der Waals surface area contributed by atoms with E-state index in [2.05, 4.69) is 0 Å². The predicted molar refractivity (Wildman–Crippen MR) is 140 cm³/mol. The molecule has 37 heavy (non-hydrogen) atoms. The Labute approximate surface area is 214 Å². The maximum Gasteiger partial charge on any atom is 0.419 e. The summed E-state index contributed by atoms with van der Waals surface area (Å²) in [6.45, 7) is 4.00. The molecule has 1 fully saturated rings. The Balaban J connectivity index is 1.49. The van der Waals surface area contributed by atoms with Crippen LogP contribution in [-0.4, -0.2) is 45.3 Å². The Hall–Kier alpha value is -3.92. The Morgan fingerprint density at radius 1 is 0.946 bits per heavy atom. The molecule has 1 saturated heterocycles. The standard InChI is InChI=1S/C27H26FN3O5S/c1-18-17-29(27(33)36-24-11-7-22(28)8-12-24)26-16-21(6-13-25(26)31(18)19(2)32)20-4-9-23(10-5-20)30-14-3-15-37(30,34)35/h4-13,16,18H,3,14-15,17H2,1-2H3/t18-/m0/s1. The number of anilines is 3. The average Bonchev–Trinajstić information content (AvgIpc) is 3.23. The summed E-state index contributed by atoms with van der Waals surface area (Å²) in [6.07, 6.45) is -0.0428. The monoisotopic (exact) mass is 523 g/mol. The smallest absolute Gasteiger partial charge is 0.410 e. The molecule has 2 heterocycles. The number of nitrogens with zero attached hydrogens (tertiary/aromatic N) is 3. The Morgan fingerprint density at radius 2 is 1.62 bits per heavy atom. The first kappa shape index (κ1) is 24.8. The van der Waals surface area contributed by atoms with Gasteiger partial charge in [0.25, 0.3) is 0 Å². The van der Waals surface area contributed by atoms with E-state index in [1.165, 1.54) is 40.4 Å². The van der Waals surface area contributed by atoms with Gasteiger partial charge in [-0.2, -0.15) is 0 Å². The second-order valence-electron chi connectivity index (χ2n) is 9.16. The van der Waals surface area contributed by atoms with E-state index in [4.69, 9.17) is 4.74 Å². The maximum atomic E-state index is 13.3. The van der Waals surface area contributed by atoms with Gasteiger partial charge in [-0.25, -0.2) is 17.6 Å². The zero-order chi connectivity index (χ0) is 26.3. The molecule has 5 rings (SSSR count). The predicted octanol–water partition coefficient (Wildman–Crippen LogP) is 4.79. The fraction of sp³-hybridized carbons (Fsp3) is 0.259. The van der Waals surface area contributed by atoms with Crippen molar-refractivity contribution in [1.82, 2.24) is 0 Å². The molecular weight excluding hydrogens is 497 g/mol. The number of fused-ring (bicyclic) bond motifs is 1. The van der Waals surface area contributed by atoms with E-state index in [0.29, 0.717) is 30.0 Å². The normalized spacial score (nSPS) is 18.5. The SMILES string of the molecule is CC(=O)N1c2ccc(-c3ccc(N4CCCS4(=O)=O)cc3)cc2N(C(=O)Oc2ccc(F)cc2)C[C@@H]1C. The average molecular weight is 524 g/mol. The molecule has 0 saturated carbocycles. The summed E-state index contributed by atoms with van der Waals surface area (Å²) in [6, 6.07) is 17.5. The molecule has 192 valence electrons. The molecule has 0 unspecified atom stereocenters. The van der Waals surface area contributed by atoms with Crippen LogP contribution >= 0.6 is 0 Å².